The van der Waals surface area contributed by atoms with Gasteiger partial charge in [0.25, 0.3) is 11.5 Å². The van der Waals surface area contributed by atoms with Crippen molar-refractivity contribution in [1.29, 1.82) is 0 Å². The zero-order chi connectivity index (χ0) is 25.7. The van der Waals surface area contributed by atoms with Crippen LogP contribution in [0.5, 0.6) is 0 Å². The van der Waals surface area contributed by atoms with Crippen molar-refractivity contribution in [1.82, 2.24) is 23.9 Å². The van der Waals surface area contributed by atoms with Gasteiger partial charge in [0.15, 0.2) is 0 Å². The molecule has 0 bridgehead atoms. The molecule has 1 aliphatic rings. The highest BCUT2D eigenvalue weighted by atomic mass is 16.3. The minimum absolute atomic E-state index is 0.0275. The van der Waals surface area contributed by atoms with E-state index in [1.165, 1.54) is 6.33 Å². The Morgan fingerprint density at radius 1 is 1.08 bits per heavy atom. The van der Waals surface area contributed by atoms with Crippen molar-refractivity contribution in [3.8, 4) is 16.8 Å². The Kier molecular flexibility index (Phi) is 5.38. The van der Waals surface area contributed by atoms with Gasteiger partial charge in [0, 0.05) is 30.8 Å². The largest absolute Gasteiger partial charge is 0.395 e. The van der Waals surface area contributed by atoms with E-state index in [9.17, 15) is 14.7 Å². The van der Waals surface area contributed by atoms with E-state index in [-0.39, 0.29) is 18.1 Å². The molecule has 0 saturated carbocycles. The molecular weight excluding hydrogens is 470 g/mol. The van der Waals surface area contributed by atoms with E-state index in [4.69, 9.17) is 11.5 Å². The van der Waals surface area contributed by atoms with Gasteiger partial charge in [-0.25, -0.2) is 14.6 Å². The molecule has 1 atom stereocenters. The molecule has 10 nitrogen and oxygen atoms in total. The molecule has 0 saturated heterocycles. The number of carbonyl (C=O) groups excluding carboxylic acids is 1. The number of benzene rings is 2. The molecule has 1 unspecified atom stereocenters. The SMILES string of the molecule is NC(=O)c1c2n(n(-c3ccccc3)c1=O)CCC2c1ccc(-c2cn(CCO)c3ncnc(N)c23)cc1. The van der Waals surface area contributed by atoms with Crippen molar-refractivity contribution in [2.45, 2.75) is 25.4 Å². The Morgan fingerprint density at radius 2 is 1.84 bits per heavy atom. The van der Waals surface area contributed by atoms with Crippen LogP contribution in [0.15, 0.2) is 71.9 Å². The number of anilines is 1. The van der Waals surface area contributed by atoms with Gasteiger partial charge in [-0.3, -0.25) is 14.3 Å². The molecule has 2 aromatic carbocycles. The fourth-order valence-corrected chi connectivity index (χ4v) is 5.45. The highest BCUT2D eigenvalue weighted by Gasteiger charge is 2.35. The lowest BCUT2D eigenvalue weighted by Crippen LogP contribution is -2.26. The summed E-state index contributed by atoms with van der Waals surface area (Å²) in [6, 6.07) is 17.2. The third-order valence-electron chi connectivity index (χ3n) is 7.04. The van der Waals surface area contributed by atoms with Gasteiger partial charge >= 0.3 is 0 Å². The molecule has 10 heteroatoms. The number of aromatic nitrogens is 5. The fourth-order valence-electron chi connectivity index (χ4n) is 5.45. The number of amides is 1. The first-order chi connectivity index (χ1) is 18.0. The van der Waals surface area contributed by atoms with Gasteiger partial charge in [-0.15, -0.1) is 0 Å². The number of para-hydroxylation sites is 1. The summed E-state index contributed by atoms with van der Waals surface area (Å²) in [6.07, 6.45) is 4.06. The number of fused-ring (bicyclic) bond motifs is 2. The predicted octanol–water partition coefficient (Wildman–Crippen LogP) is 2.26. The molecule has 0 fully saturated rings. The summed E-state index contributed by atoms with van der Waals surface area (Å²) in [4.78, 5) is 34.2. The number of hydrogen-bond acceptors (Lipinski definition) is 6. The predicted molar refractivity (Wildman–Crippen MR) is 139 cm³/mol. The van der Waals surface area contributed by atoms with Gasteiger partial charge in [0.2, 0.25) is 0 Å². The van der Waals surface area contributed by atoms with Gasteiger partial charge in [-0.2, -0.15) is 0 Å². The second kappa shape index (κ2) is 8.75. The number of aliphatic hydroxyl groups excluding tert-OH is 1. The molecule has 1 aliphatic heterocycles. The van der Waals surface area contributed by atoms with Crippen molar-refractivity contribution in [2.75, 3.05) is 12.3 Å². The van der Waals surface area contributed by atoms with Crippen LogP contribution in [0.3, 0.4) is 0 Å². The molecule has 0 spiro atoms. The first-order valence-electron chi connectivity index (χ1n) is 12.0. The standard InChI is InChI=1S/C27H25N7O3/c28-24-21-20(14-32(12-13-35)26(21)31-15-30-24)17-8-6-16(7-9-17)19-10-11-33-23(19)22(25(29)36)27(37)34(33)18-4-2-1-3-5-18/h1-9,14-15,19,35H,10-13H2,(H2,29,36)(H2,28,30,31). The van der Waals surface area contributed by atoms with E-state index in [1.807, 2.05) is 70.0 Å². The smallest absolute Gasteiger partial charge is 0.284 e. The van der Waals surface area contributed by atoms with Crippen LogP contribution in [0.4, 0.5) is 5.82 Å². The molecular formula is C27H25N7O3. The van der Waals surface area contributed by atoms with E-state index in [2.05, 4.69) is 9.97 Å². The van der Waals surface area contributed by atoms with Gasteiger partial charge in [-0.05, 0) is 29.7 Å². The van der Waals surface area contributed by atoms with Crippen LogP contribution >= 0.6 is 0 Å². The number of aliphatic hydroxyl groups is 1. The number of hydrogen-bond donors (Lipinski definition) is 3. The van der Waals surface area contributed by atoms with Gasteiger partial charge in [-0.1, -0.05) is 42.5 Å². The minimum atomic E-state index is -0.723. The lowest BCUT2D eigenvalue weighted by Gasteiger charge is -2.12. The first-order valence-corrected chi connectivity index (χ1v) is 12.0. The maximum absolute atomic E-state index is 13.3. The second-order valence-corrected chi connectivity index (χ2v) is 9.08. The molecule has 5 N–H and O–H groups in total. The Hall–Kier alpha value is -4.70. The molecule has 37 heavy (non-hydrogen) atoms. The summed E-state index contributed by atoms with van der Waals surface area (Å²) < 4.78 is 5.27. The normalized spacial score (nSPS) is 14.8. The minimum Gasteiger partial charge on any atom is -0.395 e. The van der Waals surface area contributed by atoms with Crippen LogP contribution < -0.4 is 17.0 Å². The Labute approximate surface area is 211 Å². The van der Waals surface area contributed by atoms with Crippen LogP contribution in [0.25, 0.3) is 27.8 Å². The Morgan fingerprint density at radius 3 is 2.54 bits per heavy atom. The van der Waals surface area contributed by atoms with E-state index < -0.39 is 11.5 Å². The van der Waals surface area contributed by atoms with Crippen LogP contribution in [0, 0.1) is 0 Å². The van der Waals surface area contributed by atoms with Crippen LogP contribution in [0.1, 0.15) is 34.0 Å². The molecule has 0 radical (unpaired) electrons. The third kappa shape index (κ3) is 3.53. The summed E-state index contributed by atoms with van der Waals surface area (Å²) in [5.74, 6) is -0.508. The van der Waals surface area contributed by atoms with Crippen LogP contribution in [-0.2, 0) is 13.1 Å². The summed E-state index contributed by atoms with van der Waals surface area (Å²) in [7, 11) is 0. The van der Waals surface area contributed by atoms with Gasteiger partial charge in [0.1, 0.15) is 23.4 Å². The topological polar surface area (TPSA) is 147 Å². The Bertz CT molecular complexity index is 1700. The summed E-state index contributed by atoms with van der Waals surface area (Å²) in [6.45, 7) is 0.945. The summed E-state index contributed by atoms with van der Waals surface area (Å²) >= 11 is 0. The van der Waals surface area contributed by atoms with Crippen molar-refractivity contribution in [3.05, 3.63) is 94.3 Å². The highest BCUT2D eigenvalue weighted by molar-refractivity contribution is 6.00. The van der Waals surface area contributed by atoms with Gasteiger partial charge in [0.05, 0.1) is 23.4 Å². The highest BCUT2D eigenvalue weighted by Crippen LogP contribution is 2.38. The maximum Gasteiger partial charge on any atom is 0.284 e. The van der Waals surface area contributed by atoms with Crippen LogP contribution in [-0.4, -0.2) is 41.5 Å². The first kappa shape index (κ1) is 22.7. The van der Waals surface area contributed by atoms with Gasteiger partial charge < -0.3 is 21.1 Å². The van der Waals surface area contributed by atoms with E-state index in [1.54, 1.807) is 4.68 Å². The van der Waals surface area contributed by atoms with Crippen molar-refractivity contribution >= 4 is 22.8 Å². The lowest BCUT2D eigenvalue weighted by atomic mass is 9.91. The number of carbonyl (C=O) groups is 1. The van der Waals surface area contributed by atoms with E-state index in [0.717, 1.165) is 28.5 Å². The summed E-state index contributed by atoms with van der Waals surface area (Å²) in [5, 5.41) is 10.2. The second-order valence-electron chi connectivity index (χ2n) is 9.08. The number of nitrogens with two attached hydrogens (primary N) is 2. The zero-order valence-corrected chi connectivity index (χ0v) is 19.9. The Balaban J connectivity index is 1.43. The quantitative estimate of drug-likeness (QED) is 0.329. The number of primary amides is 1. The molecule has 6 rings (SSSR count). The average molecular weight is 496 g/mol. The molecule has 1 amide bonds. The fraction of sp³-hybridized carbons (Fsp3) is 0.185. The zero-order valence-electron chi connectivity index (χ0n) is 19.9. The molecule has 0 aliphatic carbocycles. The van der Waals surface area contributed by atoms with E-state index >= 15 is 0 Å². The number of rotatable bonds is 6. The number of nitrogen functional groups attached to an aromatic ring is 1. The average Bonchev–Trinajstić information content (AvgIpc) is 3.56. The molecule has 3 aromatic heterocycles. The monoisotopic (exact) mass is 495 g/mol. The van der Waals surface area contributed by atoms with Crippen LogP contribution in [0.2, 0.25) is 0 Å². The maximum atomic E-state index is 13.3. The van der Waals surface area contributed by atoms with Crippen molar-refractivity contribution in [2.24, 2.45) is 5.73 Å². The number of nitrogens with zero attached hydrogens (tertiary/aromatic N) is 5. The van der Waals surface area contributed by atoms with Crippen molar-refractivity contribution in [3.63, 3.8) is 0 Å². The molecule has 5 aromatic rings. The third-order valence-corrected chi connectivity index (χ3v) is 7.04. The lowest BCUT2D eigenvalue weighted by molar-refractivity contribution is 0.0998. The summed E-state index contributed by atoms with van der Waals surface area (Å²) in [5.41, 5.74) is 16.3. The van der Waals surface area contributed by atoms with E-state index in [0.29, 0.717) is 35.9 Å². The molecule has 186 valence electrons. The van der Waals surface area contributed by atoms with Crippen molar-refractivity contribution < 1.29 is 9.90 Å². The molecule has 4 heterocycles.